The second-order valence-corrected chi connectivity index (χ2v) is 5.83. The maximum atomic E-state index is 12.3. The summed E-state index contributed by atoms with van der Waals surface area (Å²) >= 11 is 3.36. The lowest BCUT2D eigenvalue weighted by Crippen LogP contribution is -2.12. The summed E-state index contributed by atoms with van der Waals surface area (Å²) in [6.07, 6.45) is 0. The number of rotatable bonds is 3. The number of nitro benzene ring substituents is 1. The summed E-state index contributed by atoms with van der Waals surface area (Å²) in [4.78, 5) is 22.7. The van der Waals surface area contributed by atoms with E-state index in [1.165, 1.54) is 12.1 Å². The molecule has 0 aliphatic rings. The fourth-order valence-electron chi connectivity index (χ4n) is 2.18. The molecular weight excluding hydrogens is 364 g/mol. The number of benzene rings is 2. The van der Waals surface area contributed by atoms with Gasteiger partial charge in [-0.05, 0) is 40.5 Å². The van der Waals surface area contributed by atoms with Crippen LogP contribution in [0.4, 0.5) is 11.4 Å². The van der Waals surface area contributed by atoms with Crippen molar-refractivity contribution >= 4 is 44.2 Å². The minimum atomic E-state index is -0.507. The first-order valence-electron chi connectivity index (χ1n) is 6.70. The molecule has 1 N–H and O–H groups in total. The van der Waals surface area contributed by atoms with E-state index in [1.54, 1.807) is 19.1 Å². The summed E-state index contributed by atoms with van der Waals surface area (Å²) in [5.41, 5.74) is 1.59. The minimum absolute atomic E-state index is 0.0850. The van der Waals surface area contributed by atoms with Crippen LogP contribution in [-0.4, -0.2) is 10.8 Å². The summed E-state index contributed by atoms with van der Waals surface area (Å²) < 4.78 is 6.31. The van der Waals surface area contributed by atoms with E-state index in [9.17, 15) is 14.9 Å². The van der Waals surface area contributed by atoms with Crippen LogP contribution < -0.4 is 5.32 Å². The van der Waals surface area contributed by atoms with E-state index in [4.69, 9.17) is 4.42 Å². The Balaban J connectivity index is 1.93. The summed E-state index contributed by atoms with van der Waals surface area (Å²) in [6.45, 7) is 1.76. The van der Waals surface area contributed by atoms with Crippen molar-refractivity contribution in [3.63, 3.8) is 0 Å². The van der Waals surface area contributed by atoms with E-state index in [0.29, 0.717) is 11.3 Å². The lowest BCUT2D eigenvalue weighted by Gasteiger charge is -2.06. The number of amides is 1. The molecular formula is C16H11BrN2O4. The van der Waals surface area contributed by atoms with Gasteiger partial charge in [-0.2, -0.15) is 0 Å². The molecule has 23 heavy (non-hydrogen) atoms. The summed E-state index contributed by atoms with van der Waals surface area (Å²) in [7, 11) is 0. The van der Waals surface area contributed by atoms with Crippen molar-refractivity contribution < 1.29 is 14.1 Å². The van der Waals surface area contributed by atoms with Crippen LogP contribution in [0.3, 0.4) is 0 Å². The van der Waals surface area contributed by atoms with E-state index in [2.05, 4.69) is 21.2 Å². The average Bonchev–Trinajstić information content (AvgIpc) is 2.95. The second kappa shape index (κ2) is 5.85. The molecule has 116 valence electrons. The quantitative estimate of drug-likeness (QED) is 0.533. The zero-order valence-electron chi connectivity index (χ0n) is 12.0. The predicted octanol–water partition coefficient (Wildman–Crippen LogP) is 4.66. The Morgan fingerprint density at radius 1 is 1.26 bits per heavy atom. The Morgan fingerprint density at radius 3 is 2.74 bits per heavy atom. The summed E-state index contributed by atoms with van der Waals surface area (Å²) in [5, 5.41) is 14.3. The highest BCUT2D eigenvalue weighted by atomic mass is 79.9. The number of fused-ring (bicyclic) bond motifs is 1. The van der Waals surface area contributed by atoms with Crippen molar-refractivity contribution in [3.05, 3.63) is 68.4 Å². The van der Waals surface area contributed by atoms with Crippen molar-refractivity contribution in [1.82, 2.24) is 0 Å². The number of carbonyl (C=O) groups excluding carboxylic acids is 1. The van der Waals surface area contributed by atoms with Crippen LogP contribution in [0.5, 0.6) is 0 Å². The maximum absolute atomic E-state index is 12.3. The molecule has 0 bridgehead atoms. The second-order valence-electron chi connectivity index (χ2n) is 4.98. The molecule has 0 saturated carbocycles. The molecule has 0 unspecified atom stereocenters. The highest BCUT2D eigenvalue weighted by molar-refractivity contribution is 9.10. The number of non-ortho nitro benzene ring substituents is 1. The molecule has 0 atom stereocenters. The number of halogens is 1. The van der Waals surface area contributed by atoms with Crippen LogP contribution in [0.15, 0.2) is 51.4 Å². The number of para-hydroxylation sites is 1. The number of aryl methyl sites for hydroxylation is 1. The summed E-state index contributed by atoms with van der Waals surface area (Å²) in [5.74, 6) is -0.325. The predicted molar refractivity (Wildman–Crippen MR) is 89.7 cm³/mol. The van der Waals surface area contributed by atoms with E-state index in [-0.39, 0.29) is 11.4 Å². The topological polar surface area (TPSA) is 85.4 Å². The number of nitrogens with zero attached hydrogens (tertiary/aromatic N) is 1. The van der Waals surface area contributed by atoms with Gasteiger partial charge in [0, 0.05) is 17.5 Å². The molecule has 0 radical (unpaired) electrons. The molecule has 6 nitrogen and oxygen atoms in total. The largest absolute Gasteiger partial charge is 0.450 e. The fourth-order valence-corrected chi connectivity index (χ4v) is 2.64. The molecule has 1 heterocycles. The van der Waals surface area contributed by atoms with Crippen molar-refractivity contribution in [1.29, 1.82) is 0 Å². The third kappa shape index (κ3) is 2.95. The highest BCUT2D eigenvalue weighted by Crippen LogP contribution is 2.28. The maximum Gasteiger partial charge on any atom is 0.291 e. The van der Waals surface area contributed by atoms with Crippen molar-refractivity contribution in [2.75, 3.05) is 5.32 Å². The molecule has 0 fully saturated rings. The number of hydrogen-bond donors (Lipinski definition) is 1. The van der Waals surface area contributed by atoms with Gasteiger partial charge in [-0.25, -0.2) is 0 Å². The summed E-state index contributed by atoms with van der Waals surface area (Å²) in [6, 6.07) is 11.4. The van der Waals surface area contributed by atoms with Crippen molar-refractivity contribution in [2.24, 2.45) is 0 Å². The van der Waals surface area contributed by atoms with Gasteiger partial charge in [0.2, 0.25) is 0 Å². The van der Waals surface area contributed by atoms with Crippen LogP contribution in [0, 0.1) is 17.0 Å². The number of carbonyl (C=O) groups is 1. The van der Waals surface area contributed by atoms with Crippen LogP contribution in [0.1, 0.15) is 16.1 Å². The number of nitro groups is 1. The molecule has 7 heteroatoms. The number of nitrogens with one attached hydrogen (secondary N) is 1. The highest BCUT2D eigenvalue weighted by Gasteiger charge is 2.16. The van der Waals surface area contributed by atoms with Gasteiger partial charge in [0.25, 0.3) is 11.6 Å². The Morgan fingerprint density at radius 2 is 2.04 bits per heavy atom. The van der Waals surface area contributed by atoms with Crippen LogP contribution in [0.25, 0.3) is 11.0 Å². The molecule has 1 aromatic heterocycles. The molecule has 3 aromatic rings. The number of furan rings is 1. The molecule has 1 amide bonds. The zero-order valence-corrected chi connectivity index (χ0v) is 13.6. The van der Waals surface area contributed by atoms with Crippen molar-refractivity contribution in [3.8, 4) is 0 Å². The molecule has 2 aromatic carbocycles. The van der Waals surface area contributed by atoms with E-state index in [1.807, 2.05) is 18.2 Å². The molecule has 0 aliphatic carbocycles. The van der Waals surface area contributed by atoms with Crippen LogP contribution >= 0.6 is 15.9 Å². The number of anilines is 1. The van der Waals surface area contributed by atoms with E-state index in [0.717, 1.165) is 15.4 Å². The lowest BCUT2D eigenvalue weighted by atomic mass is 10.1. The van der Waals surface area contributed by atoms with Gasteiger partial charge in [-0.15, -0.1) is 0 Å². The third-order valence-corrected chi connectivity index (χ3v) is 4.02. The average molecular weight is 375 g/mol. The first-order valence-corrected chi connectivity index (χ1v) is 7.49. The van der Waals surface area contributed by atoms with E-state index < -0.39 is 10.8 Å². The smallest absolute Gasteiger partial charge is 0.291 e. The first kappa shape index (κ1) is 15.2. The first-order chi connectivity index (χ1) is 11.0. The number of hydrogen-bond acceptors (Lipinski definition) is 4. The van der Waals surface area contributed by atoms with Gasteiger partial charge in [0.1, 0.15) is 5.58 Å². The SMILES string of the molecule is Cc1ccc([N+](=O)[O-])cc1NC(=O)c1cc2cccc(Br)c2o1. The van der Waals surface area contributed by atoms with Gasteiger partial charge in [-0.3, -0.25) is 14.9 Å². The Kier molecular flexibility index (Phi) is 3.87. The van der Waals surface area contributed by atoms with Gasteiger partial charge in [0.05, 0.1) is 15.1 Å². The zero-order chi connectivity index (χ0) is 16.6. The Hall–Kier alpha value is -2.67. The van der Waals surface area contributed by atoms with Crippen LogP contribution in [0.2, 0.25) is 0 Å². The molecule has 0 aliphatic heterocycles. The van der Waals surface area contributed by atoms with Gasteiger partial charge < -0.3 is 9.73 Å². The third-order valence-electron chi connectivity index (χ3n) is 3.40. The van der Waals surface area contributed by atoms with Crippen LogP contribution in [-0.2, 0) is 0 Å². The van der Waals surface area contributed by atoms with E-state index >= 15 is 0 Å². The van der Waals surface area contributed by atoms with Gasteiger partial charge in [-0.1, -0.05) is 18.2 Å². The minimum Gasteiger partial charge on any atom is -0.450 e. The van der Waals surface area contributed by atoms with Gasteiger partial charge >= 0.3 is 0 Å². The standard InChI is InChI=1S/C16H11BrN2O4/c1-9-5-6-11(19(21)22)8-13(9)18-16(20)14-7-10-3-2-4-12(17)15(10)23-14/h2-8H,1H3,(H,18,20). The monoisotopic (exact) mass is 374 g/mol. The molecule has 0 spiro atoms. The van der Waals surface area contributed by atoms with Gasteiger partial charge in [0.15, 0.2) is 5.76 Å². The molecule has 0 saturated heterocycles. The molecule has 3 rings (SSSR count). The van der Waals surface area contributed by atoms with Crippen molar-refractivity contribution in [2.45, 2.75) is 6.92 Å². The normalized spacial score (nSPS) is 10.7. The lowest BCUT2D eigenvalue weighted by molar-refractivity contribution is -0.384. The fraction of sp³-hybridized carbons (Fsp3) is 0.0625. The Bertz CT molecular complexity index is 933. The Labute approximate surface area is 139 Å².